The van der Waals surface area contributed by atoms with Crippen molar-refractivity contribution in [3.05, 3.63) is 17.5 Å². The highest BCUT2D eigenvalue weighted by Gasteiger charge is 2.21. The second-order valence-electron chi connectivity index (χ2n) is 5.47. The SMILES string of the molecule is CCC(CC)c1cc(C(=O)N[C@@H](CCO)C(C)C)on1. The summed E-state index contributed by atoms with van der Waals surface area (Å²) < 4.78 is 5.15. The molecule has 0 saturated heterocycles. The van der Waals surface area contributed by atoms with Crippen molar-refractivity contribution in [2.45, 2.75) is 58.9 Å². The van der Waals surface area contributed by atoms with Crippen LogP contribution in [0.5, 0.6) is 0 Å². The number of hydrogen-bond donors (Lipinski definition) is 2. The first-order valence-corrected chi connectivity index (χ1v) is 7.41. The molecule has 1 aromatic heterocycles. The zero-order chi connectivity index (χ0) is 15.1. The molecular weight excluding hydrogens is 256 g/mol. The summed E-state index contributed by atoms with van der Waals surface area (Å²) in [7, 11) is 0. The zero-order valence-electron chi connectivity index (χ0n) is 12.8. The first-order chi connectivity index (χ1) is 9.53. The van der Waals surface area contributed by atoms with E-state index in [1.807, 2.05) is 13.8 Å². The lowest BCUT2D eigenvalue weighted by atomic mass is 9.99. The lowest BCUT2D eigenvalue weighted by Crippen LogP contribution is -2.39. The molecule has 5 nitrogen and oxygen atoms in total. The molecule has 114 valence electrons. The Balaban J connectivity index is 2.72. The molecule has 1 rings (SSSR count). The van der Waals surface area contributed by atoms with E-state index in [1.54, 1.807) is 6.07 Å². The van der Waals surface area contributed by atoms with Crippen LogP contribution in [0.25, 0.3) is 0 Å². The summed E-state index contributed by atoms with van der Waals surface area (Å²) >= 11 is 0. The Kier molecular flexibility index (Phi) is 6.71. The summed E-state index contributed by atoms with van der Waals surface area (Å²) in [4.78, 5) is 12.1. The normalized spacial score (nSPS) is 12.9. The number of amides is 1. The fraction of sp³-hybridized carbons (Fsp3) is 0.733. The van der Waals surface area contributed by atoms with Crippen LogP contribution in [-0.4, -0.2) is 28.8 Å². The monoisotopic (exact) mass is 282 g/mol. The summed E-state index contributed by atoms with van der Waals surface area (Å²) in [6.45, 7) is 8.27. The second kappa shape index (κ2) is 8.04. The quantitative estimate of drug-likeness (QED) is 0.768. The highest BCUT2D eigenvalue weighted by molar-refractivity contribution is 5.91. The Morgan fingerprint density at radius 1 is 1.40 bits per heavy atom. The smallest absolute Gasteiger partial charge is 0.290 e. The van der Waals surface area contributed by atoms with Gasteiger partial charge >= 0.3 is 0 Å². The van der Waals surface area contributed by atoms with Crippen molar-refractivity contribution in [3.8, 4) is 0 Å². The molecule has 0 aliphatic carbocycles. The van der Waals surface area contributed by atoms with Crippen LogP contribution >= 0.6 is 0 Å². The van der Waals surface area contributed by atoms with E-state index in [9.17, 15) is 4.79 Å². The van der Waals surface area contributed by atoms with Gasteiger partial charge in [0.2, 0.25) is 5.76 Å². The van der Waals surface area contributed by atoms with E-state index in [0.717, 1.165) is 18.5 Å². The molecule has 0 aliphatic rings. The fourth-order valence-corrected chi connectivity index (χ4v) is 2.25. The topological polar surface area (TPSA) is 75.4 Å². The summed E-state index contributed by atoms with van der Waals surface area (Å²) in [6.07, 6.45) is 2.49. The first-order valence-electron chi connectivity index (χ1n) is 7.41. The lowest BCUT2D eigenvalue weighted by Gasteiger charge is -2.20. The molecule has 1 heterocycles. The average Bonchev–Trinajstić information content (AvgIpc) is 2.89. The van der Waals surface area contributed by atoms with Crippen molar-refractivity contribution in [1.82, 2.24) is 10.5 Å². The van der Waals surface area contributed by atoms with Crippen LogP contribution in [0, 0.1) is 5.92 Å². The Hall–Kier alpha value is -1.36. The number of aliphatic hydroxyl groups excluding tert-OH is 1. The molecule has 0 aromatic carbocycles. The molecule has 1 aromatic rings. The van der Waals surface area contributed by atoms with Gasteiger partial charge in [-0.1, -0.05) is 32.9 Å². The molecule has 0 saturated carbocycles. The minimum atomic E-state index is -0.262. The van der Waals surface area contributed by atoms with E-state index in [-0.39, 0.29) is 30.2 Å². The van der Waals surface area contributed by atoms with Crippen LogP contribution in [0.15, 0.2) is 10.6 Å². The Bertz CT molecular complexity index is 411. The number of rotatable bonds is 8. The van der Waals surface area contributed by atoms with Gasteiger partial charge in [0.15, 0.2) is 0 Å². The number of aliphatic hydroxyl groups is 1. The largest absolute Gasteiger partial charge is 0.396 e. The number of carbonyl (C=O) groups is 1. The molecule has 5 heteroatoms. The van der Waals surface area contributed by atoms with E-state index in [2.05, 4.69) is 24.3 Å². The average molecular weight is 282 g/mol. The van der Waals surface area contributed by atoms with Gasteiger partial charge in [0.1, 0.15) is 0 Å². The van der Waals surface area contributed by atoms with E-state index in [1.165, 1.54) is 0 Å². The maximum Gasteiger partial charge on any atom is 0.290 e. The molecule has 1 amide bonds. The van der Waals surface area contributed by atoms with E-state index < -0.39 is 0 Å². The zero-order valence-corrected chi connectivity index (χ0v) is 12.8. The first kappa shape index (κ1) is 16.7. The summed E-state index contributed by atoms with van der Waals surface area (Å²) in [6, 6.07) is 1.66. The molecule has 0 spiro atoms. The fourth-order valence-electron chi connectivity index (χ4n) is 2.25. The van der Waals surface area contributed by atoms with Crippen molar-refractivity contribution < 1.29 is 14.4 Å². The van der Waals surface area contributed by atoms with Gasteiger partial charge in [-0.3, -0.25) is 4.79 Å². The number of hydrogen-bond acceptors (Lipinski definition) is 4. The molecule has 20 heavy (non-hydrogen) atoms. The van der Waals surface area contributed by atoms with Crippen LogP contribution in [0.1, 0.15) is 69.1 Å². The van der Waals surface area contributed by atoms with Gasteiger partial charge in [-0.05, 0) is 25.2 Å². The Labute approximate surface area is 120 Å². The molecule has 2 N–H and O–H groups in total. The van der Waals surface area contributed by atoms with Crippen LogP contribution in [-0.2, 0) is 0 Å². The van der Waals surface area contributed by atoms with Gasteiger partial charge in [0.25, 0.3) is 5.91 Å². The number of nitrogens with one attached hydrogen (secondary N) is 1. The van der Waals surface area contributed by atoms with Crippen LogP contribution < -0.4 is 5.32 Å². The minimum Gasteiger partial charge on any atom is -0.396 e. The highest BCUT2D eigenvalue weighted by atomic mass is 16.5. The van der Waals surface area contributed by atoms with E-state index >= 15 is 0 Å². The van der Waals surface area contributed by atoms with Gasteiger partial charge in [0.05, 0.1) is 5.69 Å². The van der Waals surface area contributed by atoms with E-state index in [4.69, 9.17) is 9.63 Å². The molecular formula is C15H26N2O3. The molecule has 0 fully saturated rings. The number of aromatic nitrogens is 1. The molecule has 0 unspecified atom stereocenters. The second-order valence-corrected chi connectivity index (χ2v) is 5.47. The van der Waals surface area contributed by atoms with Crippen LogP contribution in [0.2, 0.25) is 0 Å². The molecule has 0 aliphatic heterocycles. The Morgan fingerprint density at radius 2 is 2.05 bits per heavy atom. The minimum absolute atomic E-state index is 0.0541. The van der Waals surface area contributed by atoms with Gasteiger partial charge in [-0.15, -0.1) is 0 Å². The molecule has 0 bridgehead atoms. The third kappa shape index (κ3) is 4.34. The predicted molar refractivity (Wildman–Crippen MR) is 77.6 cm³/mol. The highest BCUT2D eigenvalue weighted by Crippen LogP contribution is 2.22. The van der Waals surface area contributed by atoms with Gasteiger partial charge < -0.3 is 14.9 Å². The third-order valence-corrected chi connectivity index (χ3v) is 3.72. The standard InChI is InChI=1S/C15H26N2O3/c1-5-11(6-2)13-9-14(20-17-13)15(19)16-12(7-8-18)10(3)4/h9-12,18H,5-8H2,1-4H3,(H,16,19)/t12-/m0/s1. The van der Waals surface area contributed by atoms with Crippen molar-refractivity contribution in [2.24, 2.45) is 5.92 Å². The van der Waals surface area contributed by atoms with Crippen molar-refractivity contribution >= 4 is 5.91 Å². The van der Waals surface area contributed by atoms with Crippen LogP contribution in [0.3, 0.4) is 0 Å². The summed E-state index contributed by atoms with van der Waals surface area (Å²) in [5, 5.41) is 15.9. The third-order valence-electron chi connectivity index (χ3n) is 3.72. The summed E-state index contributed by atoms with van der Waals surface area (Å²) in [5.74, 6) is 0.573. The maximum absolute atomic E-state index is 12.1. The maximum atomic E-state index is 12.1. The van der Waals surface area contributed by atoms with Gasteiger partial charge in [-0.2, -0.15) is 0 Å². The van der Waals surface area contributed by atoms with Crippen molar-refractivity contribution in [2.75, 3.05) is 6.61 Å². The Morgan fingerprint density at radius 3 is 2.55 bits per heavy atom. The lowest BCUT2D eigenvalue weighted by molar-refractivity contribution is 0.0879. The van der Waals surface area contributed by atoms with Crippen LogP contribution in [0.4, 0.5) is 0 Å². The predicted octanol–water partition coefficient (Wildman–Crippen LogP) is 2.72. The van der Waals surface area contributed by atoms with Gasteiger partial charge in [-0.25, -0.2) is 0 Å². The van der Waals surface area contributed by atoms with Crippen molar-refractivity contribution in [3.63, 3.8) is 0 Å². The molecule has 1 atom stereocenters. The molecule has 0 radical (unpaired) electrons. The van der Waals surface area contributed by atoms with Gasteiger partial charge in [0, 0.05) is 24.6 Å². The van der Waals surface area contributed by atoms with E-state index in [0.29, 0.717) is 12.3 Å². The number of nitrogens with zero attached hydrogens (tertiary/aromatic N) is 1. The van der Waals surface area contributed by atoms with Crippen molar-refractivity contribution in [1.29, 1.82) is 0 Å². The summed E-state index contributed by atoms with van der Waals surface area (Å²) in [5.41, 5.74) is 0.836. The number of carbonyl (C=O) groups excluding carboxylic acids is 1.